The Labute approximate surface area is 122 Å². The molecule has 0 radical (unpaired) electrons. The van der Waals surface area contributed by atoms with Gasteiger partial charge in [-0.15, -0.1) is 0 Å². The van der Waals surface area contributed by atoms with E-state index in [1.54, 1.807) is 24.5 Å². The number of anilines is 2. The molecule has 0 atom stereocenters. The van der Waals surface area contributed by atoms with Crippen LogP contribution < -0.4 is 5.32 Å². The topological polar surface area (TPSA) is 62.2 Å². The molecule has 0 spiro atoms. The fourth-order valence-electron chi connectivity index (χ4n) is 2.32. The predicted molar refractivity (Wildman–Crippen MR) is 83.2 cm³/mol. The van der Waals surface area contributed by atoms with Crippen molar-refractivity contribution in [2.45, 2.75) is 6.92 Å². The van der Waals surface area contributed by atoms with Crippen molar-refractivity contribution in [2.24, 2.45) is 0 Å². The van der Waals surface area contributed by atoms with Crippen molar-refractivity contribution in [3.05, 3.63) is 66.0 Å². The molecule has 0 amide bonds. The van der Waals surface area contributed by atoms with Gasteiger partial charge in [0.15, 0.2) is 0 Å². The van der Waals surface area contributed by atoms with Gasteiger partial charge in [0.1, 0.15) is 0 Å². The number of benzene rings is 2. The molecule has 104 valence electrons. The number of fused-ring (bicyclic) bond motifs is 1. The molecule has 0 unspecified atom stereocenters. The minimum atomic E-state index is -0.948. The van der Waals surface area contributed by atoms with Crippen LogP contribution in [-0.2, 0) is 0 Å². The molecule has 1 aromatic heterocycles. The van der Waals surface area contributed by atoms with Crippen molar-refractivity contribution < 1.29 is 9.90 Å². The summed E-state index contributed by atoms with van der Waals surface area (Å²) < 4.78 is 0. The second-order valence-corrected chi connectivity index (χ2v) is 4.88. The smallest absolute Gasteiger partial charge is 0.337 e. The number of nitrogens with one attached hydrogen (secondary N) is 1. The van der Waals surface area contributed by atoms with Gasteiger partial charge in [0.25, 0.3) is 0 Å². The van der Waals surface area contributed by atoms with Crippen LogP contribution in [0, 0.1) is 6.92 Å². The summed E-state index contributed by atoms with van der Waals surface area (Å²) in [6, 6.07) is 13.0. The van der Waals surface area contributed by atoms with Gasteiger partial charge in [-0.1, -0.05) is 18.2 Å². The highest BCUT2D eigenvalue weighted by molar-refractivity contribution is 5.99. The third-order valence-electron chi connectivity index (χ3n) is 3.36. The molecule has 2 aromatic carbocycles. The van der Waals surface area contributed by atoms with Gasteiger partial charge in [-0.3, -0.25) is 4.98 Å². The van der Waals surface area contributed by atoms with Crippen molar-refractivity contribution in [1.82, 2.24) is 4.98 Å². The maximum Gasteiger partial charge on any atom is 0.337 e. The summed E-state index contributed by atoms with van der Waals surface area (Å²) in [6.07, 6.45) is 3.51. The number of pyridine rings is 1. The number of aromatic nitrogens is 1. The summed E-state index contributed by atoms with van der Waals surface area (Å²) in [7, 11) is 0. The third-order valence-corrected chi connectivity index (χ3v) is 3.36. The molecular formula is C17H14N2O2. The highest BCUT2D eigenvalue weighted by atomic mass is 16.4. The van der Waals surface area contributed by atoms with Crippen molar-refractivity contribution in [3.8, 4) is 0 Å². The van der Waals surface area contributed by atoms with Crippen LogP contribution in [0.4, 0.5) is 11.4 Å². The maximum absolute atomic E-state index is 11.3. The highest BCUT2D eigenvalue weighted by Gasteiger charge is 2.11. The largest absolute Gasteiger partial charge is 0.478 e. The minimum Gasteiger partial charge on any atom is -0.478 e. The number of aryl methyl sites for hydroxylation is 1. The van der Waals surface area contributed by atoms with E-state index in [9.17, 15) is 9.90 Å². The zero-order valence-electron chi connectivity index (χ0n) is 11.5. The summed E-state index contributed by atoms with van der Waals surface area (Å²) in [6.45, 7) is 1.93. The van der Waals surface area contributed by atoms with E-state index in [4.69, 9.17) is 0 Å². The van der Waals surface area contributed by atoms with E-state index in [1.165, 1.54) is 0 Å². The number of carbonyl (C=O) groups is 1. The van der Waals surface area contributed by atoms with E-state index in [2.05, 4.69) is 10.3 Å². The molecule has 0 bridgehead atoms. The number of hydrogen-bond acceptors (Lipinski definition) is 3. The zero-order chi connectivity index (χ0) is 14.8. The summed E-state index contributed by atoms with van der Waals surface area (Å²) in [5, 5.41) is 14.5. The quantitative estimate of drug-likeness (QED) is 0.760. The Balaban J connectivity index is 2.11. The normalized spacial score (nSPS) is 10.5. The van der Waals surface area contributed by atoms with Crippen LogP contribution in [0.5, 0.6) is 0 Å². The molecule has 0 saturated carbocycles. The molecule has 0 aliphatic heterocycles. The van der Waals surface area contributed by atoms with Gasteiger partial charge in [0, 0.05) is 23.5 Å². The zero-order valence-corrected chi connectivity index (χ0v) is 11.5. The number of carboxylic acid groups (broad SMARTS) is 1. The first-order chi connectivity index (χ1) is 10.1. The first-order valence-electron chi connectivity index (χ1n) is 6.59. The van der Waals surface area contributed by atoms with Gasteiger partial charge in [-0.2, -0.15) is 0 Å². The average molecular weight is 278 g/mol. The van der Waals surface area contributed by atoms with Gasteiger partial charge in [-0.05, 0) is 42.1 Å². The van der Waals surface area contributed by atoms with Gasteiger partial charge < -0.3 is 10.4 Å². The molecule has 0 aliphatic carbocycles. The van der Waals surface area contributed by atoms with E-state index >= 15 is 0 Å². The van der Waals surface area contributed by atoms with Crippen LogP contribution in [0.25, 0.3) is 10.8 Å². The predicted octanol–water partition coefficient (Wildman–Crippen LogP) is 3.99. The number of hydrogen-bond donors (Lipinski definition) is 2. The molecule has 0 aliphatic rings. The lowest BCUT2D eigenvalue weighted by atomic mass is 10.1. The van der Waals surface area contributed by atoms with E-state index in [0.29, 0.717) is 5.69 Å². The van der Waals surface area contributed by atoms with Crippen LogP contribution in [0.2, 0.25) is 0 Å². The Morgan fingerprint density at radius 1 is 1.14 bits per heavy atom. The minimum absolute atomic E-state index is 0.251. The standard InChI is InChI=1S/C17H14N2O2/c1-11-5-6-13(17(20)21)16(9-11)19-15-4-2-3-12-7-8-18-10-14(12)15/h2-10,19H,1H3,(H,20,21). The number of nitrogens with zero attached hydrogens (tertiary/aromatic N) is 1. The highest BCUT2D eigenvalue weighted by Crippen LogP contribution is 2.28. The second-order valence-electron chi connectivity index (χ2n) is 4.88. The fraction of sp³-hybridized carbons (Fsp3) is 0.0588. The average Bonchev–Trinajstić information content (AvgIpc) is 2.47. The molecule has 0 saturated heterocycles. The van der Waals surface area contributed by atoms with Crippen LogP contribution in [0.15, 0.2) is 54.9 Å². The molecule has 2 N–H and O–H groups in total. The van der Waals surface area contributed by atoms with E-state index < -0.39 is 5.97 Å². The molecule has 3 aromatic rings. The molecule has 0 fully saturated rings. The first kappa shape index (κ1) is 13.1. The Morgan fingerprint density at radius 2 is 2.00 bits per heavy atom. The van der Waals surface area contributed by atoms with E-state index in [1.807, 2.05) is 37.3 Å². The Kier molecular flexibility index (Phi) is 3.28. The Hall–Kier alpha value is -2.88. The van der Waals surface area contributed by atoms with Crippen LogP contribution >= 0.6 is 0 Å². The Morgan fingerprint density at radius 3 is 2.81 bits per heavy atom. The lowest BCUT2D eigenvalue weighted by Gasteiger charge is -2.12. The van der Waals surface area contributed by atoms with Gasteiger partial charge >= 0.3 is 5.97 Å². The van der Waals surface area contributed by atoms with Gasteiger partial charge in [0.05, 0.1) is 11.3 Å². The van der Waals surface area contributed by atoms with Crippen molar-refractivity contribution in [1.29, 1.82) is 0 Å². The van der Waals surface area contributed by atoms with Crippen molar-refractivity contribution in [2.75, 3.05) is 5.32 Å². The molecule has 21 heavy (non-hydrogen) atoms. The number of rotatable bonds is 3. The Bertz CT molecular complexity index is 823. The lowest BCUT2D eigenvalue weighted by molar-refractivity contribution is 0.0698. The number of aromatic carboxylic acids is 1. The van der Waals surface area contributed by atoms with Crippen molar-refractivity contribution in [3.63, 3.8) is 0 Å². The summed E-state index contributed by atoms with van der Waals surface area (Å²) in [4.78, 5) is 15.5. The monoisotopic (exact) mass is 278 g/mol. The van der Waals surface area contributed by atoms with Crippen LogP contribution in [0.1, 0.15) is 15.9 Å². The van der Waals surface area contributed by atoms with Crippen LogP contribution in [-0.4, -0.2) is 16.1 Å². The molecule has 1 heterocycles. The summed E-state index contributed by atoms with van der Waals surface area (Å²) in [5.74, 6) is -0.948. The fourth-order valence-corrected chi connectivity index (χ4v) is 2.32. The van der Waals surface area contributed by atoms with Gasteiger partial charge in [-0.25, -0.2) is 4.79 Å². The van der Waals surface area contributed by atoms with Crippen molar-refractivity contribution >= 4 is 28.1 Å². The number of carboxylic acids is 1. The maximum atomic E-state index is 11.3. The lowest BCUT2D eigenvalue weighted by Crippen LogP contribution is -2.03. The van der Waals surface area contributed by atoms with E-state index in [0.717, 1.165) is 22.0 Å². The molecule has 4 heteroatoms. The second kappa shape index (κ2) is 5.25. The summed E-state index contributed by atoms with van der Waals surface area (Å²) in [5.41, 5.74) is 2.68. The SMILES string of the molecule is Cc1ccc(C(=O)O)c(Nc2cccc3ccncc23)c1. The van der Waals surface area contributed by atoms with Crippen LogP contribution in [0.3, 0.4) is 0 Å². The first-order valence-corrected chi connectivity index (χ1v) is 6.59. The molecule has 3 rings (SSSR count). The van der Waals surface area contributed by atoms with E-state index in [-0.39, 0.29) is 5.56 Å². The van der Waals surface area contributed by atoms with Gasteiger partial charge in [0.2, 0.25) is 0 Å². The molecule has 4 nitrogen and oxygen atoms in total. The molecular weight excluding hydrogens is 264 g/mol. The third kappa shape index (κ3) is 2.56. The summed E-state index contributed by atoms with van der Waals surface area (Å²) >= 11 is 0.